The molecule has 142 valence electrons. The Morgan fingerprint density at radius 3 is 2.59 bits per heavy atom. The monoisotopic (exact) mass is 448 g/mol. The molecule has 2 aromatic heterocycles. The normalized spacial score (nSPS) is 13.0. The summed E-state index contributed by atoms with van der Waals surface area (Å²) >= 11 is 2.93. The third-order valence-electron chi connectivity index (χ3n) is 3.60. The highest BCUT2D eigenvalue weighted by molar-refractivity contribution is 9.10. The zero-order valence-electron chi connectivity index (χ0n) is 13.0. The van der Waals surface area contributed by atoms with Gasteiger partial charge >= 0.3 is 12.3 Å². The molecule has 1 atom stereocenters. The standard InChI is InChI=1S/C16H9BrF4N2O4/c17-8-6-23-11(5-9(8)18)22-12(15(25)26)13(23)14(24)7-3-1-2-4-10(7)27-16(19,20)21/h1-6,14,24H,(H,25,26). The minimum atomic E-state index is -5.02. The van der Waals surface area contributed by atoms with E-state index in [-0.39, 0.29) is 21.4 Å². The third kappa shape index (κ3) is 3.74. The van der Waals surface area contributed by atoms with E-state index in [4.69, 9.17) is 0 Å². The van der Waals surface area contributed by atoms with Crippen LogP contribution >= 0.6 is 15.9 Å². The number of imidazole rings is 1. The number of aliphatic hydroxyl groups is 1. The lowest BCUT2D eigenvalue weighted by Gasteiger charge is -2.17. The number of alkyl halides is 3. The highest BCUT2D eigenvalue weighted by Gasteiger charge is 2.34. The zero-order chi connectivity index (χ0) is 19.9. The van der Waals surface area contributed by atoms with E-state index in [9.17, 15) is 32.6 Å². The number of carboxylic acid groups (broad SMARTS) is 1. The molecule has 0 amide bonds. The summed E-state index contributed by atoms with van der Waals surface area (Å²) in [6, 6.07) is 5.66. The van der Waals surface area contributed by atoms with Crippen LogP contribution in [-0.4, -0.2) is 31.9 Å². The summed E-state index contributed by atoms with van der Waals surface area (Å²) in [6.45, 7) is 0. The predicted octanol–water partition coefficient (Wildman–Crippen LogP) is 3.91. The van der Waals surface area contributed by atoms with E-state index in [1.807, 2.05) is 0 Å². The molecule has 11 heteroatoms. The van der Waals surface area contributed by atoms with Crippen molar-refractivity contribution >= 4 is 27.5 Å². The summed E-state index contributed by atoms with van der Waals surface area (Å²) in [7, 11) is 0. The topological polar surface area (TPSA) is 84.1 Å². The van der Waals surface area contributed by atoms with Crippen molar-refractivity contribution in [2.75, 3.05) is 0 Å². The van der Waals surface area contributed by atoms with Gasteiger partial charge in [0.25, 0.3) is 0 Å². The first-order valence-electron chi connectivity index (χ1n) is 7.21. The molecule has 27 heavy (non-hydrogen) atoms. The van der Waals surface area contributed by atoms with Crippen molar-refractivity contribution in [3.8, 4) is 5.75 Å². The molecule has 1 aromatic carbocycles. The lowest BCUT2D eigenvalue weighted by atomic mass is 10.0. The second kappa shape index (κ2) is 6.82. The predicted molar refractivity (Wildman–Crippen MR) is 87.0 cm³/mol. The fraction of sp³-hybridized carbons (Fsp3) is 0.125. The number of nitrogens with zero attached hydrogens (tertiary/aromatic N) is 2. The lowest BCUT2D eigenvalue weighted by molar-refractivity contribution is -0.275. The van der Waals surface area contributed by atoms with Crippen molar-refractivity contribution in [2.45, 2.75) is 12.5 Å². The molecule has 6 nitrogen and oxygen atoms in total. The molecule has 0 aliphatic heterocycles. The van der Waals surface area contributed by atoms with Gasteiger partial charge in [0.15, 0.2) is 5.69 Å². The smallest absolute Gasteiger partial charge is 0.476 e. The van der Waals surface area contributed by atoms with Crippen molar-refractivity contribution < 1.29 is 37.3 Å². The number of aliphatic hydroxyl groups excluding tert-OH is 1. The van der Waals surface area contributed by atoms with Gasteiger partial charge in [-0.05, 0) is 22.0 Å². The van der Waals surface area contributed by atoms with E-state index in [1.54, 1.807) is 0 Å². The molecule has 0 saturated heterocycles. The summed E-state index contributed by atoms with van der Waals surface area (Å²) in [5.74, 6) is -2.98. The average molecular weight is 449 g/mol. The number of rotatable bonds is 4. The van der Waals surface area contributed by atoms with Gasteiger partial charge in [-0.15, -0.1) is 13.2 Å². The Labute approximate surface area is 156 Å². The molecule has 0 bridgehead atoms. The maximum absolute atomic E-state index is 13.7. The molecule has 0 fully saturated rings. The Morgan fingerprint density at radius 1 is 1.30 bits per heavy atom. The number of ether oxygens (including phenoxy) is 1. The van der Waals surface area contributed by atoms with Crippen LogP contribution in [0.15, 0.2) is 41.0 Å². The van der Waals surface area contributed by atoms with Gasteiger partial charge in [0.1, 0.15) is 23.3 Å². The quantitative estimate of drug-likeness (QED) is 0.591. The van der Waals surface area contributed by atoms with Crippen LogP contribution in [0.1, 0.15) is 27.8 Å². The number of benzene rings is 1. The summed E-state index contributed by atoms with van der Waals surface area (Å²) < 4.78 is 56.5. The highest BCUT2D eigenvalue weighted by atomic mass is 79.9. The van der Waals surface area contributed by atoms with Gasteiger partial charge in [0.2, 0.25) is 0 Å². The average Bonchev–Trinajstić information content (AvgIpc) is 2.92. The van der Waals surface area contributed by atoms with E-state index in [0.717, 1.165) is 28.8 Å². The highest BCUT2D eigenvalue weighted by Crippen LogP contribution is 2.35. The van der Waals surface area contributed by atoms with Crippen molar-refractivity contribution in [3.63, 3.8) is 0 Å². The Hall–Kier alpha value is -2.66. The fourth-order valence-corrected chi connectivity index (χ4v) is 2.87. The number of carbonyl (C=O) groups is 1. The van der Waals surface area contributed by atoms with Gasteiger partial charge < -0.3 is 14.9 Å². The van der Waals surface area contributed by atoms with Crippen molar-refractivity contribution in [2.24, 2.45) is 0 Å². The van der Waals surface area contributed by atoms with Crippen molar-refractivity contribution in [3.05, 3.63) is 63.8 Å². The van der Waals surface area contributed by atoms with E-state index in [2.05, 4.69) is 25.7 Å². The van der Waals surface area contributed by atoms with Gasteiger partial charge in [-0.25, -0.2) is 14.2 Å². The summed E-state index contributed by atoms with van der Waals surface area (Å²) in [4.78, 5) is 15.3. The first kappa shape index (κ1) is 19.1. The Bertz CT molecular complexity index is 1040. The van der Waals surface area contributed by atoms with Crippen LogP contribution in [0.25, 0.3) is 5.65 Å². The van der Waals surface area contributed by atoms with Crippen LogP contribution in [0.3, 0.4) is 0 Å². The van der Waals surface area contributed by atoms with Crippen LogP contribution in [-0.2, 0) is 0 Å². The molecule has 0 aliphatic rings. The molecular weight excluding hydrogens is 440 g/mol. The van der Waals surface area contributed by atoms with Gasteiger partial charge in [-0.2, -0.15) is 0 Å². The van der Waals surface area contributed by atoms with Crippen LogP contribution in [0.5, 0.6) is 5.75 Å². The molecule has 2 N–H and O–H groups in total. The van der Waals surface area contributed by atoms with Crippen molar-refractivity contribution in [1.29, 1.82) is 0 Å². The number of halogens is 5. The number of hydrogen-bond donors (Lipinski definition) is 2. The second-order valence-electron chi connectivity index (χ2n) is 5.34. The maximum atomic E-state index is 13.7. The third-order valence-corrected chi connectivity index (χ3v) is 4.19. The van der Waals surface area contributed by atoms with Crippen LogP contribution in [0.4, 0.5) is 17.6 Å². The molecule has 3 aromatic rings. The Kier molecular flexibility index (Phi) is 4.82. The zero-order valence-corrected chi connectivity index (χ0v) is 14.6. The Morgan fingerprint density at radius 2 is 1.96 bits per heavy atom. The fourth-order valence-electron chi connectivity index (χ4n) is 2.55. The number of carboxylic acids is 1. The minimum absolute atomic E-state index is 0.0578. The molecule has 0 spiro atoms. The summed E-state index contributed by atoms with van der Waals surface area (Å²) in [6.07, 6.45) is -5.74. The number of aromatic carboxylic acids is 1. The maximum Gasteiger partial charge on any atom is 0.573 e. The summed E-state index contributed by atoms with van der Waals surface area (Å²) in [5, 5.41) is 20.0. The van der Waals surface area contributed by atoms with E-state index in [0.29, 0.717) is 0 Å². The molecule has 3 rings (SSSR count). The molecule has 0 radical (unpaired) electrons. The number of pyridine rings is 1. The number of hydrogen-bond acceptors (Lipinski definition) is 4. The van der Waals surface area contributed by atoms with Gasteiger partial charge in [0, 0.05) is 17.8 Å². The van der Waals surface area contributed by atoms with E-state index < -0.39 is 35.7 Å². The second-order valence-corrected chi connectivity index (χ2v) is 6.19. The minimum Gasteiger partial charge on any atom is -0.476 e. The number of para-hydroxylation sites is 1. The van der Waals surface area contributed by atoms with E-state index >= 15 is 0 Å². The van der Waals surface area contributed by atoms with Crippen molar-refractivity contribution in [1.82, 2.24) is 9.38 Å². The molecule has 0 saturated carbocycles. The first-order chi connectivity index (χ1) is 12.6. The lowest BCUT2D eigenvalue weighted by Crippen LogP contribution is -2.19. The molecule has 1 unspecified atom stereocenters. The summed E-state index contributed by atoms with van der Waals surface area (Å²) in [5.41, 5.74) is -1.46. The van der Waals surface area contributed by atoms with Crippen LogP contribution in [0, 0.1) is 5.82 Å². The van der Waals surface area contributed by atoms with Gasteiger partial charge in [-0.3, -0.25) is 4.40 Å². The SMILES string of the molecule is O=C(O)c1nc2cc(F)c(Br)cn2c1C(O)c1ccccc1OC(F)(F)F. The Balaban J connectivity index is 2.22. The molecule has 2 heterocycles. The first-order valence-corrected chi connectivity index (χ1v) is 8.01. The number of fused-ring (bicyclic) bond motifs is 1. The van der Waals surface area contributed by atoms with Gasteiger partial charge in [-0.1, -0.05) is 18.2 Å². The molecule has 0 aliphatic carbocycles. The van der Waals surface area contributed by atoms with Crippen LogP contribution in [0.2, 0.25) is 0 Å². The number of aromatic nitrogens is 2. The largest absolute Gasteiger partial charge is 0.573 e. The van der Waals surface area contributed by atoms with Gasteiger partial charge in [0.05, 0.1) is 10.2 Å². The van der Waals surface area contributed by atoms with E-state index in [1.165, 1.54) is 12.1 Å². The van der Waals surface area contributed by atoms with Crippen LogP contribution < -0.4 is 4.74 Å². The molecular formula is C16H9BrF4N2O4.